The van der Waals surface area contributed by atoms with Gasteiger partial charge in [-0.1, -0.05) is 33.6 Å². The van der Waals surface area contributed by atoms with E-state index >= 15 is 0 Å². The highest BCUT2D eigenvalue weighted by atomic mass is 16.7. The summed E-state index contributed by atoms with van der Waals surface area (Å²) in [6.45, 7) is 7.30. The fourth-order valence-corrected chi connectivity index (χ4v) is 1.24. The highest BCUT2D eigenvalue weighted by Crippen LogP contribution is 2.07. The smallest absolute Gasteiger partial charge is 0.386 e. The quantitative estimate of drug-likeness (QED) is 0.522. The third-order valence-electron chi connectivity index (χ3n) is 2.16. The topological polar surface area (TPSA) is 51.5 Å². The van der Waals surface area contributed by atoms with E-state index in [4.69, 9.17) is 19.2 Å². The van der Waals surface area contributed by atoms with Gasteiger partial charge in [0.1, 0.15) is 6.10 Å². The van der Waals surface area contributed by atoms with Crippen LogP contribution in [0.15, 0.2) is 0 Å². The summed E-state index contributed by atoms with van der Waals surface area (Å²) >= 11 is 0. The summed E-state index contributed by atoms with van der Waals surface area (Å²) in [5.41, 5.74) is 0. The van der Waals surface area contributed by atoms with Crippen molar-refractivity contribution in [3.8, 4) is 6.07 Å². The van der Waals surface area contributed by atoms with Gasteiger partial charge in [-0.25, -0.2) is 0 Å². The monoisotopic (exact) mass is 241 g/mol. The molecular formula is C12H24BNO3. The summed E-state index contributed by atoms with van der Waals surface area (Å²) < 4.78 is 16.3. The molecule has 0 saturated carbocycles. The van der Waals surface area contributed by atoms with Gasteiger partial charge >= 0.3 is 7.32 Å². The van der Waals surface area contributed by atoms with Gasteiger partial charge in [0, 0.05) is 13.2 Å². The van der Waals surface area contributed by atoms with Crippen molar-refractivity contribution in [1.29, 1.82) is 5.26 Å². The summed E-state index contributed by atoms with van der Waals surface area (Å²) in [7, 11) is -0.698. The Kier molecular flexibility index (Phi) is 11.5. The van der Waals surface area contributed by atoms with Gasteiger partial charge in [-0.15, -0.1) is 0 Å². The first kappa shape index (κ1) is 16.4. The van der Waals surface area contributed by atoms with Gasteiger partial charge in [-0.3, -0.25) is 0 Å². The van der Waals surface area contributed by atoms with Crippen LogP contribution < -0.4 is 0 Å². The molecule has 0 fully saturated rings. The number of rotatable bonds is 11. The van der Waals surface area contributed by atoms with Gasteiger partial charge in [0.2, 0.25) is 0 Å². The van der Waals surface area contributed by atoms with Crippen LogP contribution in [0.25, 0.3) is 0 Å². The van der Waals surface area contributed by atoms with Gasteiger partial charge < -0.3 is 14.0 Å². The first-order valence-electron chi connectivity index (χ1n) is 6.56. The van der Waals surface area contributed by atoms with E-state index in [0.717, 1.165) is 32.1 Å². The number of nitrogens with zero attached hydrogens (tertiary/aromatic N) is 1. The van der Waals surface area contributed by atoms with Crippen molar-refractivity contribution in [2.45, 2.75) is 59.0 Å². The van der Waals surface area contributed by atoms with E-state index in [1.807, 2.05) is 13.8 Å². The Labute approximate surface area is 105 Å². The van der Waals surface area contributed by atoms with Gasteiger partial charge in [0.25, 0.3) is 0 Å². The van der Waals surface area contributed by atoms with Gasteiger partial charge in [-0.2, -0.15) is 5.26 Å². The van der Waals surface area contributed by atoms with Crippen LogP contribution in [0, 0.1) is 11.3 Å². The zero-order chi connectivity index (χ0) is 12.9. The molecule has 0 aliphatic rings. The van der Waals surface area contributed by atoms with Crippen LogP contribution in [0.5, 0.6) is 0 Å². The summed E-state index contributed by atoms with van der Waals surface area (Å²) in [5.74, 6) is 0. The molecule has 0 heterocycles. The minimum absolute atomic E-state index is 0.436. The molecule has 0 aromatic heterocycles. The molecule has 0 bridgehead atoms. The summed E-state index contributed by atoms with van der Waals surface area (Å²) in [6.07, 6.45) is 4.13. The number of nitriles is 1. The molecule has 0 saturated heterocycles. The Morgan fingerprint density at radius 3 is 2.06 bits per heavy atom. The fraction of sp³-hybridized carbons (Fsp3) is 0.917. The van der Waals surface area contributed by atoms with Crippen molar-refractivity contribution in [2.75, 3.05) is 13.2 Å². The van der Waals surface area contributed by atoms with E-state index < -0.39 is 13.4 Å². The fourth-order valence-electron chi connectivity index (χ4n) is 1.24. The Morgan fingerprint density at radius 1 is 1.06 bits per heavy atom. The molecule has 1 unspecified atom stereocenters. The number of hydrogen-bond acceptors (Lipinski definition) is 4. The molecular weight excluding hydrogens is 217 g/mol. The number of unbranched alkanes of at least 4 members (excludes halogenated alkanes) is 1. The Morgan fingerprint density at radius 2 is 1.65 bits per heavy atom. The molecule has 0 rings (SSSR count). The zero-order valence-electron chi connectivity index (χ0n) is 11.3. The summed E-state index contributed by atoms with van der Waals surface area (Å²) in [6, 6.07) is 2.14. The van der Waals surface area contributed by atoms with E-state index in [1.165, 1.54) is 0 Å². The minimum atomic E-state index is -0.698. The maximum Gasteiger partial charge on any atom is 0.640 e. The predicted octanol–water partition coefficient (Wildman–Crippen LogP) is 2.92. The van der Waals surface area contributed by atoms with Crippen LogP contribution in [-0.2, 0) is 14.0 Å². The SMILES string of the molecule is CCCCC(C#N)OB(OCCC)OCCC. The summed E-state index contributed by atoms with van der Waals surface area (Å²) in [5, 5.41) is 8.97. The molecule has 0 aromatic rings. The maximum atomic E-state index is 8.97. The molecule has 0 N–H and O–H groups in total. The average molecular weight is 241 g/mol. The maximum absolute atomic E-state index is 8.97. The predicted molar refractivity (Wildman–Crippen MR) is 68.3 cm³/mol. The molecule has 17 heavy (non-hydrogen) atoms. The van der Waals surface area contributed by atoms with Crippen LogP contribution in [0.3, 0.4) is 0 Å². The van der Waals surface area contributed by atoms with E-state index in [9.17, 15) is 0 Å². The minimum Gasteiger partial charge on any atom is -0.386 e. The van der Waals surface area contributed by atoms with Gasteiger partial charge in [0.05, 0.1) is 6.07 Å². The molecule has 0 aliphatic heterocycles. The standard InChI is InChI=1S/C12H24BNO3/c1-4-7-8-12(11-14)17-13(15-9-5-2)16-10-6-3/h12H,4-10H2,1-3H3. The molecule has 0 amide bonds. The van der Waals surface area contributed by atoms with E-state index in [0.29, 0.717) is 13.2 Å². The third kappa shape index (κ3) is 9.17. The second-order valence-electron chi connectivity index (χ2n) is 3.93. The van der Waals surface area contributed by atoms with Crippen LogP contribution in [0.4, 0.5) is 0 Å². The van der Waals surface area contributed by atoms with Crippen LogP contribution in [-0.4, -0.2) is 26.6 Å². The molecule has 98 valence electrons. The second kappa shape index (κ2) is 11.9. The normalized spacial score (nSPS) is 12.1. The third-order valence-corrected chi connectivity index (χ3v) is 2.16. The molecule has 5 heteroatoms. The highest BCUT2D eigenvalue weighted by Gasteiger charge is 2.25. The molecule has 0 spiro atoms. The molecule has 0 aromatic carbocycles. The molecule has 1 atom stereocenters. The average Bonchev–Trinajstić information content (AvgIpc) is 2.36. The van der Waals surface area contributed by atoms with Crippen molar-refractivity contribution < 1.29 is 14.0 Å². The highest BCUT2D eigenvalue weighted by molar-refractivity contribution is 6.36. The van der Waals surface area contributed by atoms with Gasteiger partial charge in [0.15, 0.2) is 0 Å². The van der Waals surface area contributed by atoms with Crippen molar-refractivity contribution in [3.63, 3.8) is 0 Å². The van der Waals surface area contributed by atoms with Gasteiger partial charge in [-0.05, 0) is 19.3 Å². The largest absolute Gasteiger partial charge is 0.640 e. The lowest BCUT2D eigenvalue weighted by Crippen LogP contribution is -2.32. The first-order chi connectivity index (χ1) is 8.28. The van der Waals surface area contributed by atoms with E-state index in [-0.39, 0.29) is 0 Å². The molecule has 0 radical (unpaired) electrons. The molecule has 0 aliphatic carbocycles. The van der Waals surface area contributed by atoms with Crippen LogP contribution in [0.2, 0.25) is 0 Å². The molecule has 4 nitrogen and oxygen atoms in total. The Balaban J connectivity index is 4.03. The second-order valence-corrected chi connectivity index (χ2v) is 3.93. The zero-order valence-corrected chi connectivity index (χ0v) is 11.3. The van der Waals surface area contributed by atoms with E-state index in [1.54, 1.807) is 0 Å². The van der Waals surface area contributed by atoms with E-state index in [2.05, 4.69) is 13.0 Å². The van der Waals surface area contributed by atoms with Crippen molar-refractivity contribution >= 4 is 7.32 Å². The lowest BCUT2D eigenvalue weighted by atomic mass is 10.1. The Hall–Kier alpha value is -0.565. The Bertz CT molecular complexity index is 200. The van der Waals surface area contributed by atoms with Crippen molar-refractivity contribution in [2.24, 2.45) is 0 Å². The van der Waals surface area contributed by atoms with Crippen LogP contribution >= 0.6 is 0 Å². The number of hydrogen-bond donors (Lipinski definition) is 0. The summed E-state index contributed by atoms with van der Waals surface area (Å²) in [4.78, 5) is 0. The van der Waals surface area contributed by atoms with Crippen molar-refractivity contribution in [1.82, 2.24) is 0 Å². The van der Waals surface area contributed by atoms with Crippen LogP contribution in [0.1, 0.15) is 52.9 Å². The lowest BCUT2D eigenvalue weighted by molar-refractivity contribution is 0.0718. The lowest BCUT2D eigenvalue weighted by Gasteiger charge is -2.17. The first-order valence-corrected chi connectivity index (χ1v) is 6.56. The van der Waals surface area contributed by atoms with Crippen molar-refractivity contribution in [3.05, 3.63) is 0 Å².